The maximum Gasteiger partial charge on any atom is 0.272 e. The normalized spacial score (nSPS) is 12.2. The highest BCUT2D eigenvalue weighted by atomic mass is 35.5. The third-order valence-electron chi connectivity index (χ3n) is 4.64. The van der Waals surface area contributed by atoms with Crippen LogP contribution in [0.15, 0.2) is 36.5 Å². The van der Waals surface area contributed by atoms with E-state index in [9.17, 15) is 4.79 Å². The summed E-state index contributed by atoms with van der Waals surface area (Å²) in [6.07, 6.45) is 2.58. The number of rotatable bonds is 6. The second-order valence-electron chi connectivity index (χ2n) is 6.71. The summed E-state index contributed by atoms with van der Waals surface area (Å²) in [5.74, 6) is -0.187. The Labute approximate surface area is 164 Å². The summed E-state index contributed by atoms with van der Waals surface area (Å²) >= 11 is 6.18. The number of nitrogens with one attached hydrogen (secondary N) is 1. The molecule has 3 aromatic rings. The summed E-state index contributed by atoms with van der Waals surface area (Å²) in [5.41, 5.74) is 4.33. The van der Waals surface area contributed by atoms with Crippen molar-refractivity contribution in [2.75, 3.05) is 0 Å². The van der Waals surface area contributed by atoms with Gasteiger partial charge in [-0.2, -0.15) is 10.2 Å². The average Bonchev–Trinajstić information content (AvgIpc) is 3.22. The maximum atomic E-state index is 12.6. The van der Waals surface area contributed by atoms with E-state index in [1.165, 1.54) is 5.56 Å². The van der Waals surface area contributed by atoms with E-state index in [0.717, 1.165) is 23.4 Å². The van der Waals surface area contributed by atoms with E-state index in [-0.39, 0.29) is 11.9 Å². The highest BCUT2D eigenvalue weighted by Crippen LogP contribution is 2.19. The van der Waals surface area contributed by atoms with Crippen molar-refractivity contribution < 1.29 is 4.79 Å². The molecular formula is C20H24ClN5O. The van der Waals surface area contributed by atoms with E-state index in [2.05, 4.69) is 46.7 Å². The quantitative estimate of drug-likeness (QED) is 0.696. The van der Waals surface area contributed by atoms with Crippen LogP contribution in [-0.4, -0.2) is 25.5 Å². The molecule has 1 N–H and O–H groups in total. The first-order valence-corrected chi connectivity index (χ1v) is 9.37. The molecular weight excluding hydrogens is 362 g/mol. The average molecular weight is 386 g/mol. The van der Waals surface area contributed by atoms with Crippen LogP contribution in [0.2, 0.25) is 5.02 Å². The van der Waals surface area contributed by atoms with Crippen LogP contribution >= 0.6 is 11.6 Å². The van der Waals surface area contributed by atoms with Crippen LogP contribution in [0.4, 0.5) is 0 Å². The molecule has 0 saturated heterocycles. The molecule has 27 heavy (non-hydrogen) atoms. The zero-order valence-electron chi connectivity index (χ0n) is 16.0. The van der Waals surface area contributed by atoms with Crippen LogP contribution in [0.1, 0.15) is 52.4 Å². The van der Waals surface area contributed by atoms with E-state index in [1.807, 2.05) is 20.8 Å². The molecule has 1 aromatic carbocycles. The predicted molar refractivity (Wildman–Crippen MR) is 106 cm³/mol. The van der Waals surface area contributed by atoms with E-state index in [1.54, 1.807) is 21.6 Å². The molecule has 2 heterocycles. The lowest BCUT2D eigenvalue weighted by Gasteiger charge is -2.17. The number of hydrogen-bond donors (Lipinski definition) is 1. The minimum Gasteiger partial charge on any atom is -0.344 e. The summed E-state index contributed by atoms with van der Waals surface area (Å²) in [4.78, 5) is 12.6. The molecule has 0 bridgehead atoms. The molecule has 142 valence electrons. The second-order valence-corrected chi connectivity index (χ2v) is 7.09. The van der Waals surface area contributed by atoms with Crippen molar-refractivity contribution in [1.29, 1.82) is 0 Å². The lowest BCUT2D eigenvalue weighted by atomic mass is 10.0. The van der Waals surface area contributed by atoms with Crippen LogP contribution < -0.4 is 5.32 Å². The molecule has 0 radical (unpaired) electrons. The number of carbonyl (C=O) groups excluding carboxylic acids is 1. The highest BCUT2D eigenvalue weighted by molar-refractivity contribution is 6.31. The van der Waals surface area contributed by atoms with E-state index >= 15 is 0 Å². The first-order valence-electron chi connectivity index (χ1n) is 8.99. The minimum absolute atomic E-state index is 0.0435. The van der Waals surface area contributed by atoms with Crippen LogP contribution in [0, 0.1) is 20.8 Å². The number of halogens is 1. The van der Waals surface area contributed by atoms with Gasteiger partial charge in [0.2, 0.25) is 0 Å². The van der Waals surface area contributed by atoms with Crippen molar-refractivity contribution in [3.8, 4) is 0 Å². The molecule has 1 unspecified atom stereocenters. The van der Waals surface area contributed by atoms with Gasteiger partial charge in [0.1, 0.15) is 12.4 Å². The Morgan fingerprint density at radius 1 is 1.15 bits per heavy atom. The number of amides is 1. The first-order chi connectivity index (χ1) is 12.9. The summed E-state index contributed by atoms with van der Waals surface area (Å²) in [6, 6.07) is 9.88. The van der Waals surface area contributed by atoms with E-state index in [0.29, 0.717) is 17.4 Å². The lowest BCUT2D eigenvalue weighted by Crippen LogP contribution is -2.28. The van der Waals surface area contributed by atoms with Gasteiger partial charge in [-0.25, -0.2) is 4.68 Å². The first kappa shape index (κ1) is 19.2. The van der Waals surface area contributed by atoms with Gasteiger partial charge in [0, 0.05) is 6.20 Å². The van der Waals surface area contributed by atoms with Crippen molar-refractivity contribution in [2.24, 2.45) is 0 Å². The predicted octanol–water partition coefficient (Wildman–Crippen LogP) is 4.05. The minimum atomic E-state index is -0.187. The highest BCUT2D eigenvalue weighted by Gasteiger charge is 2.17. The monoisotopic (exact) mass is 385 g/mol. The number of carbonyl (C=O) groups is 1. The molecule has 0 aliphatic heterocycles. The third-order valence-corrected chi connectivity index (χ3v) is 5.19. The molecule has 6 nitrogen and oxygen atoms in total. The molecule has 0 spiro atoms. The number of benzene rings is 1. The Bertz CT molecular complexity index is 942. The lowest BCUT2D eigenvalue weighted by molar-refractivity contribution is 0.0929. The Morgan fingerprint density at radius 3 is 2.44 bits per heavy atom. The summed E-state index contributed by atoms with van der Waals surface area (Å²) in [5, 5.41) is 12.5. The SMILES string of the molecule is CCC(NC(=O)c1ccn(Cn2nc(C)c(Cl)c2C)n1)c1ccc(C)cc1. The van der Waals surface area contributed by atoms with Gasteiger partial charge in [-0.3, -0.25) is 9.48 Å². The molecule has 0 saturated carbocycles. The Hall–Kier alpha value is -2.60. The third kappa shape index (κ3) is 4.22. The molecule has 1 amide bonds. The fraction of sp³-hybridized carbons (Fsp3) is 0.350. The van der Waals surface area contributed by atoms with Gasteiger partial charge < -0.3 is 5.32 Å². The Kier molecular flexibility index (Phi) is 5.65. The van der Waals surface area contributed by atoms with Gasteiger partial charge in [0.25, 0.3) is 5.91 Å². The van der Waals surface area contributed by atoms with Gasteiger partial charge in [-0.15, -0.1) is 0 Å². The van der Waals surface area contributed by atoms with Crippen molar-refractivity contribution in [1.82, 2.24) is 24.9 Å². The van der Waals surface area contributed by atoms with Crippen molar-refractivity contribution in [3.05, 3.63) is 69.8 Å². The van der Waals surface area contributed by atoms with E-state index < -0.39 is 0 Å². The molecule has 2 aromatic heterocycles. The van der Waals surface area contributed by atoms with Crippen LogP contribution in [0.5, 0.6) is 0 Å². The number of aryl methyl sites for hydroxylation is 2. The zero-order chi connectivity index (χ0) is 19.6. The fourth-order valence-electron chi connectivity index (χ4n) is 2.96. The maximum absolute atomic E-state index is 12.6. The van der Waals surface area contributed by atoms with Crippen molar-refractivity contribution >= 4 is 17.5 Å². The largest absolute Gasteiger partial charge is 0.344 e. The standard InChI is InChI=1S/C20H24ClN5O/c1-5-17(16-8-6-13(2)7-9-16)22-20(27)18-10-11-25(24-18)12-26-15(4)19(21)14(3)23-26/h6-11,17H,5,12H2,1-4H3,(H,22,27). The molecule has 0 aliphatic carbocycles. The van der Waals surface area contributed by atoms with Gasteiger partial charge in [0.15, 0.2) is 0 Å². The fourth-order valence-corrected chi connectivity index (χ4v) is 3.10. The second kappa shape index (κ2) is 7.96. The van der Waals surface area contributed by atoms with Crippen LogP contribution in [0.25, 0.3) is 0 Å². The molecule has 0 fully saturated rings. The number of hydrogen-bond acceptors (Lipinski definition) is 3. The van der Waals surface area contributed by atoms with Crippen LogP contribution in [0.3, 0.4) is 0 Å². The van der Waals surface area contributed by atoms with Gasteiger partial charge in [0.05, 0.1) is 22.5 Å². The summed E-state index contributed by atoms with van der Waals surface area (Å²) in [6.45, 7) is 8.28. The smallest absolute Gasteiger partial charge is 0.272 e. The number of nitrogens with zero attached hydrogens (tertiary/aromatic N) is 4. The van der Waals surface area contributed by atoms with Gasteiger partial charge >= 0.3 is 0 Å². The molecule has 1 atom stereocenters. The zero-order valence-corrected chi connectivity index (χ0v) is 16.8. The van der Waals surface area contributed by atoms with Crippen molar-refractivity contribution in [3.63, 3.8) is 0 Å². The topological polar surface area (TPSA) is 64.7 Å². The Morgan fingerprint density at radius 2 is 1.85 bits per heavy atom. The molecule has 3 rings (SSSR count). The molecule has 7 heteroatoms. The van der Waals surface area contributed by atoms with Gasteiger partial charge in [-0.05, 0) is 38.8 Å². The summed E-state index contributed by atoms with van der Waals surface area (Å²) in [7, 11) is 0. The number of aromatic nitrogens is 4. The Balaban J connectivity index is 1.70. The van der Waals surface area contributed by atoms with Crippen LogP contribution in [-0.2, 0) is 6.67 Å². The van der Waals surface area contributed by atoms with Gasteiger partial charge in [-0.1, -0.05) is 48.4 Å². The molecule has 0 aliphatic rings. The summed E-state index contributed by atoms with van der Waals surface area (Å²) < 4.78 is 3.45. The van der Waals surface area contributed by atoms with Crippen molar-refractivity contribution in [2.45, 2.75) is 46.8 Å². The van der Waals surface area contributed by atoms with E-state index in [4.69, 9.17) is 11.6 Å².